The number of rotatable bonds is 6. The van der Waals surface area contributed by atoms with Gasteiger partial charge in [0.2, 0.25) is 0 Å². The molecule has 15 rings (SSSR count). The van der Waals surface area contributed by atoms with Gasteiger partial charge in [0, 0.05) is 71.6 Å². The minimum atomic E-state index is 0.897. The zero-order valence-electron chi connectivity index (χ0n) is 37.8. The number of nitrogens with zero attached hydrogens (tertiary/aromatic N) is 2. The fourth-order valence-electron chi connectivity index (χ4n) is 11.3. The van der Waals surface area contributed by atoms with Crippen molar-refractivity contribution in [3.05, 3.63) is 243 Å². The second kappa shape index (κ2) is 15.1. The summed E-state index contributed by atoms with van der Waals surface area (Å²) in [4.78, 5) is 2.34. The fraction of sp³-hybridized carbons (Fsp3) is 0. The van der Waals surface area contributed by atoms with Gasteiger partial charge in [0.05, 0.1) is 16.7 Å². The molecule has 0 radical (unpaired) electrons. The number of aromatic nitrogens is 1. The third-order valence-corrected chi connectivity index (χ3v) is 14.6. The van der Waals surface area contributed by atoms with E-state index in [-0.39, 0.29) is 0 Å². The van der Waals surface area contributed by atoms with Gasteiger partial charge in [0.25, 0.3) is 0 Å². The highest BCUT2D eigenvalue weighted by atomic mass is 16.3. The Bertz CT molecular complexity index is 4240. The Kier molecular flexibility index (Phi) is 8.33. The molecule has 3 aromatic heterocycles. The molecule has 0 atom stereocenters. The summed E-state index contributed by atoms with van der Waals surface area (Å²) in [7, 11) is 0. The molecule has 0 bridgehead atoms. The molecule has 11 aromatic carbocycles. The Morgan fingerprint density at radius 3 is 1.30 bits per heavy atom. The SMILES string of the molecule is c1ccc2c(c1)-c1cc(-c3ccc(N(c4ccc(-c5cccc6c5oc5ccccc56)cc4)c4ccc(-c5cccc6c5oc5ccccc56)cc4)cc3)ccc1-n1c3ccccc3c3cccc-2c31. The average Bonchev–Trinajstić information content (AvgIpc) is 4.09. The van der Waals surface area contributed by atoms with Gasteiger partial charge in [0.15, 0.2) is 0 Å². The van der Waals surface area contributed by atoms with Crippen LogP contribution in [0.15, 0.2) is 251 Å². The highest BCUT2D eigenvalue weighted by Crippen LogP contribution is 2.48. The molecule has 0 saturated carbocycles. The van der Waals surface area contributed by atoms with E-state index in [0.717, 1.165) is 88.8 Å². The van der Waals surface area contributed by atoms with E-state index in [9.17, 15) is 0 Å². The molecule has 326 valence electrons. The molecule has 0 spiro atoms. The number of fused-ring (bicyclic) bond motifs is 14. The number of furan rings is 2. The summed E-state index contributed by atoms with van der Waals surface area (Å²) in [6, 6.07) is 87.5. The molecule has 0 N–H and O–H groups in total. The molecule has 14 aromatic rings. The van der Waals surface area contributed by atoms with E-state index < -0.39 is 0 Å². The second-order valence-corrected chi connectivity index (χ2v) is 18.4. The lowest BCUT2D eigenvalue weighted by Crippen LogP contribution is -2.09. The lowest BCUT2D eigenvalue weighted by atomic mass is 9.92. The van der Waals surface area contributed by atoms with Crippen LogP contribution in [-0.2, 0) is 0 Å². The van der Waals surface area contributed by atoms with Crippen molar-refractivity contribution in [1.82, 2.24) is 4.57 Å². The maximum absolute atomic E-state index is 6.47. The van der Waals surface area contributed by atoms with E-state index >= 15 is 0 Å². The summed E-state index contributed by atoms with van der Waals surface area (Å²) in [6.07, 6.45) is 0. The summed E-state index contributed by atoms with van der Waals surface area (Å²) in [5.41, 5.74) is 22.0. The highest BCUT2D eigenvalue weighted by molar-refractivity contribution is 6.17. The predicted molar refractivity (Wildman–Crippen MR) is 291 cm³/mol. The summed E-state index contributed by atoms with van der Waals surface area (Å²) >= 11 is 0. The van der Waals surface area contributed by atoms with Crippen LogP contribution in [0.2, 0.25) is 0 Å². The lowest BCUT2D eigenvalue weighted by molar-refractivity contribution is 0.669. The van der Waals surface area contributed by atoms with Crippen LogP contribution in [0.4, 0.5) is 17.1 Å². The van der Waals surface area contributed by atoms with Crippen LogP contribution in [0.25, 0.3) is 127 Å². The normalized spacial score (nSPS) is 12.0. The number of hydrogen-bond donors (Lipinski definition) is 0. The Labute approximate surface area is 403 Å². The van der Waals surface area contributed by atoms with Gasteiger partial charge < -0.3 is 18.3 Å². The van der Waals surface area contributed by atoms with Crippen LogP contribution >= 0.6 is 0 Å². The smallest absolute Gasteiger partial charge is 0.143 e. The summed E-state index contributed by atoms with van der Waals surface area (Å²) in [5, 5.41) is 7.04. The van der Waals surface area contributed by atoms with Crippen LogP contribution < -0.4 is 4.90 Å². The van der Waals surface area contributed by atoms with Crippen LogP contribution in [-0.4, -0.2) is 4.57 Å². The van der Waals surface area contributed by atoms with E-state index in [0.29, 0.717) is 0 Å². The Morgan fingerprint density at radius 2 is 0.714 bits per heavy atom. The lowest BCUT2D eigenvalue weighted by Gasteiger charge is -2.26. The molecule has 0 saturated heterocycles. The van der Waals surface area contributed by atoms with Crippen molar-refractivity contribution < 1.29 is 8.83 Å². The van der Waals surface area contributed by atoms with Crippen molar-refractivity contribution in [3.8, 4) is 61.3 Å². The topological polar surface area (TPSA) is 34.5 Å². The molecule has 0 aliphatic carbocycles. The van der Waals surface area contributed by atoms with E-state index in [4.69, 9.17) is 8.83 Å². The number of para-hydroxylation sites is 6. The van der Waals surface area contributed by atoms with E-state index in [1.165, 1.54) is 55.3 Å². The van der Waals surface area contributed by atoms with Gasteiger partial charge in [-0.25, -0.2) is 0 Å². The minimum absolute atomic E-state index is 0.897. The van der Waals surface area contributed by atoms with Gasteiger partial charge in [-0.15, -0.1) is 0 Å². The summed E-state index contributed by atoms with van der Waals surface area (Å²) in [5.74, 6) is 0. The third kappa shape index (κ3) is 5.77. The van der Waals surface area contributed by atoms with Gasteiger partial charge in [-0.3, -0.25) is 0 Å². The van der Waals surface area contributed by atoms with Crippen LogP contribution in [0.1, 0.15) is 0 Å². The molecule has 4 heterocycles. The van der Waals surface area contributed by atoms with E-state index in [1.54, 1.807) is 0 Å². The van der Waals surface area contributed by atoms with Crippen molar-refractivity contribution in [2.45, 2.75) is 0 Å². The van der Waals surface area contributed by atoms with Gasteiger partial charge in [0.1, 0.15) is 22.3 Å². The van der Waals surface area contributed by atoms with Crippen molar-refractivity contribution in [2.24, 2.45) is 0 Å². The molecule has 0 unspecified atom stereocenters. The summed E-state index contributed by atoms with van der Waals surface area (Å²) < 4.78 is 15.4. The molecule has 1 aliphatic heterocycles. The number of anilines is 3. The van der Waals surface area contributed by atoms with Gasteiger partial charge >= 0.3 is 0 Å². The Morgan fingerprint density at radius 1 is 0.286 bits per heavy atom. The van der Waals surface area contributed by atoms with Crippen molar-refractivity contribution in [2.75, 3.05) is 4.90 Å². The molecule has 4 heteroatoms. The van der Waals surface area contributed by atoms with Crippen LogP contribution in [0.5, 0.6) is 0 Å². The van der Waals surface area contributed by atoms with E-state index in [2.05, 4.69) is 228 Å². The highest BCUT2D eigenvalue weighted by Gasteiger charge is 2.25. The van der Waals surface area contributed by atoms with Crippen LogP contribution in [0, 0.1) is 0 Å². The molecule has 70 heavy (non-hydrogen) atoms. The first kappa shape index (κ1) is 38.7. The number of benzene rings is 11. The first-order valence-electron chi connectivity index (χ1n) is 23.9. The molecular formula is C66H40N2O2. The van der Waals surface area contributed by atoms with E-state index in [1.807, 2.05) is 24.3 Å². The number of hydrogen-bond acceptors (Lipinski definition) is 3. The van der Waals surface area contributed by atoms with Crippen molar-refractivity contribution >= 4 is 82.7 Å². The first-order valence-corrected chi connectivity index (χ1v) is 23.9. The fourth-order valence-corrected chi connectivity index (χ4v) is 11.3. The largest absolute Gasteiger partial charge is 0.455 e. The standard InChI is InChI=1S/C66H40N2O2/c1-2-13-51-50(12-1)55-19-11-20-56-52-14-3-6-23-60(52)68(64(55)56)61-39-32-44(40-59(51)61)41-26-33-45(34-27-41)67(46-35-28-42(29-36-46)48-17-9-21-57-53-15-4-7-24-62(53)69-65(48)57)47-37-30-43(31-38-47)49-18-10-22-58-54-16-5-8-25-63(54)70-66(49)58/h1-40H. The zero-order chi connectivity index (χ0) is 45.9. The predicted octanol–water partition coefficient (Wildman–Crippen LogP) is 18.7. The molecule has 0 amide bonds. The van der Waals surface area contributed by atoms with Gasteiger partial charge in [-0.05, 0) is 100 Å². The van der Waals surface area contributed by atoms with Crippen LogP contribution in [0.3, 0.4) is 0 Å². The maximum Gasteiger partial charge on any atom is 0.143 e. The quantitative estimate of drug-likeness (QED) is 0.167. The van der Waals surface area contributed by atoms with Gasteiger partial charge in [-0.1, -0.05) is 176 Å². The maximum atomic E-state index is 6.47. The first-order chi connectivity index (χ1) is 34.7. The minimum Gasteiger partial charge on any atom is -0.455 e. The molecule has 4 nitrogen and oxygen atoms in total. The molecular weight excluding hydrogens is 853 g/mol. The monoisotopic (exact) mass is 892 g/mol. The molecule has 0 fully saturated rings. The zero-order valence-corrected chi connectivity index (χ0v) is 37.8. The average molecular weight is 893 g/mol. The third-order valence-electron chi connectivity index (χ3n) is 14.6. The summed E-state index contributed by atoms with van der Waals surface area (Å²) in [6.45, 7) is 0. The Hall–Kier alpha value is -9.38. The molecule has 1 aliphatic rings. The van der Waals surface area contributed by atoms with Gasteiger partial charge in [-0.2, -0.15) is 0 Å². The van der Waals surface area contributed by atoms with Crippen molar-refractivity contribution in [3.63, 3.8) is 0 Å². The Balaban J connectivity index is 0.840. The second-order valence-electron chi connectivity index (χ2n) is 18.4. The van der Waals surface area contributed by atoms with Crippen molar-refractivity contribution in [1.29, 1.82) is 0 Å².